The molecule has 0 bridgehead atoms. The molecule has 1 aliphatic rings. The summed E-state index contributed by atoms with van der Waals surface area (Å²) in [6.07, 6.45) is 5.41. The van der Waals surface area contributed by atoms with Gasteiger partial charge in [0, 0.05) is 19.8 Å². The lowest BCUT2D eigenvalue weighted by Gasteiger charge is -2.17. The number of aryl methyl sites for hydroxylation is 2. The number of nitrogens with one attached hydrogen (secondary N) is 1. The first-order valence-corrected chi connectivity index (χ1v) is 6.98. The Bertz CT molecular complexity index is 531. The zero-order valence-electron chi connectivity index (χ0n) is 12.0. The first-order valence-electron chi connectivity index (χ1n) is 6.98. The first-order chi connectivity index (χ1) is 9.24. The highest BCUT2D eigenvalue weighted by Crippen LogP contribution is 2.23. The van der Waals surface area contributed by atoms with E-state index >= 15 is 0 Å². The van der Waals surface area contributed by atoms with E-state index < -0.39 is 0 Å². The summed E-state index contributed by atoms with van der Waals surface area (Å²) in [7, 11) is 1.92. The molecule has 0 spiro atoms. The predicted octanol–water partition coefficient (Wildman–Crippen LogP) is 3.26. The number of pyridine rings is 1. The van der Waals surface area contributed by atoms with Crippen molar-refractivity contribution in [1.29, 1.82) is 0 Å². The smallest absolute Gasteiger partial charge is 0.111 e. The Hall–Kier alpha value is -1.84. The molecular formula is C15H22N4. The normalized spacial score (nSPS) is 13.0. The molecule has 1 aliphatic heterocycles. The molecule has 0 atom stereocenters. The molecule has 0 unspecified atom stereocenters. The average molecular weight is 258 g/mol. The van der Waals surface area contributed by atoms with Crippen molar-refractivity contribution in [1.82, 2.24) is 14.8 Å². The number of aromatic nitrogens is 3. The molecule has 0 aliphatic carbocycles. The van der Waals surface area contributed by atoms with Gasteiger partial charge in [0.05, 0.1) is 17.1 Å². The fraction of sp³-hybridized carbons (Fsp3) is 0.467. The van der Waals surface area contributed by atoms with Gasteiger partial charge in [-0.1, -0.05) is 20.3 Å². The lowest BCUT2D eigenvalue weighted by Crippen LogP contribution is -2.13. The molecule has 0 saturated heterocycles. The zero-order chi connectivity index (χ0) is 13.7. The van der Waals surface area contributed by atoms with Gasteiger partial charge in [-0.25, -0.2) is 4.98 Å². The fourth-order valence-electron chi connectivity index (χ4n) is 2.03. The summed E-state index contributed by atoms with van der Waals surface area (Å²) in [5.41, 5.74) is 4.24. The van der Waals surface area contributed by atoms with Crippen LogP contribution in [-0.2, 0) is 13.5 Å². The topological polar surface area (TPSA) is 42.7 Å². The van der Waals surface area contributed by atoms with E-state index in [1.165, 1.54) is 12.1 Å². The SMILES string of the molecule is CCC.Cn1ccc(-c2ccc3c(n2)CCCN3)n1. The van der Waals surface area contributed by atoms with Crippen LogP contribution >= 0.6 is 0 Å². The van der Waals surface area contributed by atoms with E-state index in [9.17, 15) is 0 Å². The van der Waals surface area contributed by atoms with Gasteiger partial charge in [-0.05, 0) is 31.0 Å². The minimum absolute atomic E-state index is 0.941. The van der Waals surface area contributed by atoms with Crippen molar-refractivity contribution >= 4 is 5.69 Å². The van der Waals surface area contributed by atoms with Crippen LogP contribution in [0.4, 0.5) is 5.69 Å². The lowest BCUT2D eigenvalue weighted by atomic mass is 10.1. The second kappa shape index (κ2) is 6.36. The molecular weight excluding hydrogens is 236 g/mol. The van der Waals surface area contributed by atoms with Gasteiger partial charge in [0.25, 0.3) is 0 Å². The van der Waals surface area contributed by atoms with E-state index in [0.717, 1.165) is 36.5 Å². The predicted molar refractivity (Wildman–Crippen MR) is 79.2 cm³/mol. The monoisotopic (exact) mass is 258 g/mol. The third-order valence-electron chi connectivity index (χ3n) is 2.86. The Morgan fingerprint density at radius 2 is 2.00 bits per heavy atom. The van der Waals surface area contributed by atoms with Crippen molar-refractivity contribution in [2.24, 2.45) is 7.05 Å². The van der Waals surface area contributed by atoms with Crippen molar-refractivity contribution in [3.63, 3.8) is 0 Å². The van der Waals surface area contributed by atoms with Crippen molar-refractivity contribution in [2.75, 3.05) is 11.9 Å². The summed E-state index contributed by atoms with van der Waals surface area (Å²) >= 11 is 0. The second-order valence-corrected chi connectivity index (χ2v) is 4.80. The van der Waals surface area contributed by atoms with E-state index in [1.807, 2.05) is 25.4 Å². The van der Waals surface area contributed by atoms with Gasteiger partial charge in [0.2, 0.25) is 0 Å². The van der Waals surface area contributed by atoms with E-state index in [2.05, 4.69) is 35.3 Å². The van der Waals surface area contributed by atoms with Gasteiger partial charge >= 0.3 is 0 Å². The highest BCUT2D eigenvalue weighted by atomic mass is 15.2. The molecule has 3 rings (SSSR count). The van der Waals surface area contributed by atoms with E-state index in [1.54, 1.807) is 4.68 Å². The zero-order valence-corrected chi connectivity index (χ0v) is 12.0. The van der Waals surface area contributed by atoms with Gasteiger partial charge in [-0.2, -0.15) is 5.10 Å². The maximum absolute atomic E-state index is 4.66. The molecule has 19 heavy (non-hydrogen) atoms. The Labute approximate surface area is 114 Å². The van der Waals surface area contributed by atoms with Crippen molar-refractivity contribution in [2.45, 2.75) is 33.1 Å². The third-order valence-corrected chi connectivity index (χ3v) is 2.86. The second-order valence-electron chi connectivity index (χ2n) is 4.80. The molecule has 0 aromatic carbocycles. The van der Waals surface area contributed by atoms with E-state index in [-0.39, 0.29) is 0 Å². The van der Waals surface area contributed by atoms with Crippen molar-refractivity contribution in [3.8, 4) is 11.4 Å². The third kappa shape index (κ3) is 3.34. The average Bonchev–Trinajstić information content (AvgIpc) is 2.86. The molecule has 4 nitrogen and oxygen atoms in total. The summed E-state index contributed by atoms with van der Waals surface area (Å²) < 4.78 is 1.80. The molecule has 0 fully saturated rings. The standard InChI is InChI=1S/C12H14N4.C3H8/c1-16-8-6-12(15-16)11-5-4-9-10(14-11)3-2-7-13-9;1-3-2/h4-6,8,13H,2-3,7H2,1H3;3H2,1-2H3. The van der Waals surface area contributed by atoms with Crippen LogP contribution in [0.5, 0.6) is 0 Å². The molecule has 2 aromatic heterocycles. The van der Waals surface area contributed by atoms with Crippen molar-refractivity contribution in [3.05, 3.63) is 30.1 Å². The largest absolute Gasteiger partial charge is 0.384 e. The lowest BCUT2D eigenvalue weighted by molar-refractivity contribution is 0.768. The molecule has 0 radical (unpaired) electrons. The maximum atomic E-state index is 4.66. The molecule has 4 heteroatoms. The molecule has 0 amide bonds. The molecule has 0 saturated carbocycles. The number of nitrogens with zero attached hydrogens (tertiary/aromatic N) is 3. The quantitative estimate of drug-likeness (QED) is 0.853. The van der Waals surface area contributed by atoms with Gasteiger partial charge in [0.1, 0.15) is 5.69 Å². The van der Waals surface area contributed by atoms with Crippen LogP contribution in [0, 0.1) is 0 Å². The van der Waals surface area contributed by atoms with Gasteiger partial charge in [-0.3, -0.25) is 4.68 Å². The molecule has 3 heterocycles. The van der Waals surface area contributed by atoms with Crippen LogP contribution in [0.3, 0.4) is 0 Å². The Morgan fingerprint density at radius 3 is 2.68 bits per heavy atom. The Kier molecular flexibility index (Phi) is 4.55. The number of rotatable bonds is 1. The minimum Gasteiger partial charge on any atom is -0.384 e. The molecule has 1 N–H and O–H groups in total. The fourth-order valence-corrected chi connectivity index (χ4v) is 2.03. The number of anilines is 1. The van der Waals surface area contributed by atoms with Gasteiger partial charge in [0.15, 0.2) is 0 Å². The highest BCUT2D eigenvalue weighted by molar-refractivity contribution is 5.60. The maximum Gasteiger partial charge on any atom is 0.111 e. The summed E-state index contributed by atoms with van der Waals surface area (Å²) in [5, 5.41) is 7.72. The van der Waals surface area contributed by atoms with Crippen LogP contribution < -0.4 is 5.32 Å². The minimum atomic E-state index is 0.941. The van der Waals surface area contributed by atoms with Crippen LogP contribution in [-0.4, -0.2) is 21.3 Å². The first kappa shape index (κ1) is 13.6. The van der Waals surface area contributed by atoms with Crippen LogP contribution in [0.15, 0.2) is 24.4 Å². The molecule has 102 valence electrons. The Balaban J connectivity index is 0.000000408. The summed E-state index contributed by atoms with van der Waals surface area (Å²) in [5.74, 6) is 0. The highest BCUT2D eigenvalue weighted by Gasteiger charge is 2.11. The van der Waals surface area contributed by atoms with E-state index in [4.69, 9.17) is 0 Å². The Morgan fingerprint density at radius 1 is 1.21 bits per heavy atom. The van der Waals surface area contributed by atoms with E-state index in [0.29, 0.717) is 0 Å². The van der Waals surface area contributed by atoms with Crippen LogP contribution in [0.1, 0.15) is 32.4 Å². The summed E-state index contributed by atoms with van der Waals surface area (Å²) in [6.45, 7) is 5.30. The molecule has 2 aromatic rings. The number of hydrogen-bond donors (Lipinski definition) is 1. The summed E-state index contributed by atoms with van der Waals surface area (Å²) in [6, 6.07) is 6.12. The van der Waals surface area contributed by atoms with Gasteiger partial charge in [-0.15, -0.1) is 0 Å². The summed E-state index contributed by atoms with van der Waals surface area (Å²) in [4.78, 5) is 4.66. The van der Waals surface area contributed by atoms with Crippen LogP contribution in [0.25, 0.3) is 11.4 Å². The van der Waals surface area contributed by atoms with Crippen molar-refractivity contribution < 1.29 is 0 Å². The van der Waals surface area contributed by atoms with Crippen LogP contribution in [0.2, 0.25) is 0 Å². The number of hydrogen-bond acceptors (Lipinski definition) is 3. The number of fused-ring (bicyclic) bond motifs is 1. The van der Waals surface area contributed by atoms with Gasteiger partial charge < -0.3 is 5.32 Å².